The van der Waals surface area contributed by atoms with E-state index >= 15 is 0 Å². The third-order valence-corrected chi connectivity index (χ3v) is 4.12. The van der Waals surface area contributed by atoms with Crippen molar-refractivity contribution in [2.75, 3.05) is 23.8 Å². The van der Waals surface area contributed by atoms with Gasteiger partial charge in [0.05, 0.1) is 12.3 Å². The van der Waals surface area contributed by atoms with Gasteiger partial charge in [0.1, 0.15) is 23.4 Å². The van der Waals surface area contributed by atoms with E-state index in [2.05, 4.69) is 10.6 Å². The van der Waals surface area contributed by atoms with E-state index in [4.69, 9.17) is 14.2 Å². The van der Waals surface area contributed by atoms with E-state index < -0.39 is 0 Å². The molecule has 0 saturated carbocycles. The molecule has 3 rings (SSSR count). The van der Waals surface area contributed by atoms with E-state index in [0.29, 0.717) is 29.5 Å². The van der Waals surface area contributed by atoms with Gasteiger partial charge in [-0.05, 0) is 44.2 Å². The van der Waals surface area contributed by atoms with Gasteiger partial charge < -0.3 is 24.8 Å². The summed E-state index contributed by atoms with van der Waals surface area (Å²) in [7, 11) is 0. The van der Waals surface area contributed by atoms with E-state index in [-0.39, 0.29) is 24.5 Å². The Morgan fingerprint density at radius 3 is 2.57 bits per heavy atom. The second kappa shape index (κ2) is 8.65. The molecule has 1 aliphatic heterocycles. The summed E-state index contributed by atoms with van der Waals surface area (Å²) >= 11 is 0. The van der Waals surface area contributed by atoms with E-state index in [9.17, 15) is 9.59 Å². The van der Waals surface area contributed by atoms with E-state index in [0.717, 1.165) is 17.7 Å². The van der Waals surface area contributed by atoms with Crippen molar-refractivity contribution in [3.8, 4) is 17.2 Å². The molecule has 0 spiro atoms. The van der Waals surface area contributed by atoms with Crippen LogP contribution in [0, 0.1) is 0 Å². The minimum atomic E-state index is -0.308. The molecule has 7 heteroatoms. The van der Waals surface area contributed by atoms with Gasteiger partial charge in [0.25, 0.3) is 5.91 Å². The van der Waals surface area contributed by atoms with Gasteiger partial charge in [-0.1, -0.05) is 0 Å². The van der Waals surface area contributed by atoms with Gasteiger partial charge in [0.15, 0.2) is 6.61 Å². The highest BCUT2D eigenvalue weighted by Crippen LogP contribution is 2.38. The zero-order valence-corrected chi connectivity index (χ0v) is 16.2. The minimum Gasteiger partial charge on any atom is -0.492 e. The molecular weight excluding hydrogens is 360 g/mol. The molecule has 2 N–H and O–H groups in total. The maximum atomic E-state index is 12.3. The maximum Gasteiger partial charge on any atom is 0.262 e. The summed E-state index contributed by atoms with van der Waals surface area (Å²) in [6.45, 7) is 5.68. The highest BCUT2D eigenvalue weighted by Gasteiger charge is 2.22. The Bertz CT molecular complexity index is 864. The Labute approximate surface area is 164 Å². The lowest BCUT2D eigenvalue weighted by Crippen LogP contribution is -2.20. The van der Waals surface area contributed by atoms with Crippen molar-refractivity contribution >= 4 is 23.2 Å². The van der Waals surface area contributed by atoms with Gasteiger partial charge in [-0.2, -0.15) is 0 Å². The number of hydrogen-bond acceptors (Lipinski definition) is 5. The SMILES string of the molecule is CCOc1cc2c(cc1NC(=O)COc1ccc(NC(C)=O)cc1)O[C@@H](C)C2. The van der Waals surface area contributed by atoms with Crippen LogP contribution in [0.25, 0.3) is 0 Å². The van der Waals surface area contributed by atoms with Crippen LogP contribution in [0.4, 0.5) is 11.4 Å². The Morgan fingerprint density at radius 1 is 1.14 bits per heavy atom. The molecule has 0 unspecified atom stereocenters. The number of fused-ring (bicyclic) bond motifs is 1. The van der Waals surface area contributed by atoms with Gasteiger partial charge in [-0.25, -0.2) is 0 Å². The molecule has 28 heavy (non-hydrogen) atoms. The molecule has 0 fully saturated rings. The largest absolute Gasteiger partial charge is 0.492 e. The number of benzene rings is 2. The van der Waals surface area contributed by atoms with E-state index in [1.54, 1.807) is 30.3 Å². The molecule has 2 aromatic rings. The number of nitrogens with one attached hydrogen (secondary N) is 2. The first-order chi connectivity index (χ1) is 13.4. The molecule has 1 aliphatic rings. The van der Waals surface area contributed by atoms with Crippen LogP contribution < -0.4 is 24.8 Å². The van der Waals surface area contributed by atoms with Crippen LogP contribution >= 0.6 is 0 Å². The number of rotatable bonds is 7. The van der Waals surface area contributed by atoms with E-state index in [1.807, 2.05) is 19.9 Å². The number of ether oxygens (including phenoxy) is 3. The predicted octanol–water partition coefficient (Wildman–Crippen LogP) is 3.38. The Kier molecular flexibility index (Phi) is 6.03. The van der Waals surface area contributed by atoms with Crippen LogP contribution in [0.5, 0.6) is 17.2 Å². The summed E-state index contributed by atoms with van der Waals surface area (Å²) in [4.78, 5) is 23.4. The highest BCUT2D eigenvalue weighted by atomic mass is 16.5. The van der Waals surface area contributed by atoms with Crippen molar-refractivity contribution < 1.29 is 23.8 Å². The first-order valence-electron chi connectivity index (χ1n) is 9.21. The molecule has 148 valence electrons. The quantitative estimate of drug-likeness (QED) is 0.764. The molecule has 1 atom stereocenters. The maximum absolute atomic E-state index is 12.3. The molecule has 0 bridgehead atoms. The number of anilines is 2. The minimum absolute atomic E-state index is 0.110. The van der Waals surface area contributed by atoms with Crippen molar-refractivity contribution in [1.29, 1.82) is 0 Å². The Hall–Kier alpha value is -3.22. The second-order valence-electron chi connectivity index (χ2n) is 6.56. The van der Waals surface area contributed by atoms with Gasteiger partial charge in [-0.15, -0.1) is 0 Å². The average molecular weight is 384 g/mol. The fraction of sp³-hybridized carbons (Fsp3) is 0.333. The lowest BCUT2D eigenvalue weighted by Gasteiger charge is -2.14. The Morgan fingerprint density at radius 2 is 1.89 bits per heavy atom. The van der Waals surface area contributed by atoms with Crippen LogP contribution in [0.2, 0.25) is 0 Å². The van der Waals surface area contributed by atoms with E-state index in [1.165, 1.54) is 6.92 Å². The summed E-state index contributed by atoms with van der Waals surface area (Å²) in [6, 6.07) is 10.5. The number of hydrogen-bond donors (Lipinski definition) is 2. The van der Waals surface area contributed by atoms with Crippen LogP contribution in [-0.2, 0) is 16.0 Å². The number of carbonyl (C=O) groups is 2. The molecule has 0 radical (unpaired) electrons. The molecule has 1 heterocycles. The average Bonchev–Trinajstić information content (AvgIpc) is 3.00. The lowest BCUT2D eigenvalue weighted by atomic mass is 10.1. The number of amides is 2. The predicted molar refractivity (Wildman–Crippen MR) is 106 cm³/mol. The normalized spacial score (nSPS) is 14.6. The molecule has 2 aromatic carbocycles. The first kappa shape index (κ1) is 19.5. The monoisotopic (exact) mass is 384 g/mol. The zero-order chi connectivity index (χ0) is 20.1. The van der Waals surface area contributed by atoms with Crippen LogP contribution in [0.15, 0.2) is 36.4 Å². The van der Waals surface area contributed by atoms with Crippen molar-refractivity contribution in [2.24, 2.45) is 0 Å². The van der Waals surface area contributed by atoms with Crippen LogP contribution in [0.3, 0.4) is 0 Å². The molecular formula is C21H24N2O5. The van der Waals surface area contributed by atoms with Crippen molar-refractivity contribution in [1.82, 2.24) is 0 Å². The zero-order valence-electron chi connectivity index (χ0n) is 16.2. The molecule has 2 amide bonds. The summed E-state index contributed by atoms with van der Waals surface area (Å²) in [5, 5.41) is 5.49. The van der Waals surface area contributed by atoms with Crippen molar-refractivity contribution in [2.45, 2.75) is 33.3 Å². The second-order valence-corrected chi connectivity index (χ2v) is 6.56. The summed E-state index contributed by atoms with van der Waals surface area (Å²) in [5.41, 5.74) is 2.30. The highest BCUT2D eigenvalue weighted by molar-refractivity contribution is 5.94. The van der Waals surface area contributed by atoms with Crippen molar-refractivity contribution in [3.05, 3.63) is 42.0 Å². The van der Waals surface area contributed by atoms with Gasteiger partial charge in [0.2, 0.25) is 5.91 Å². The summed E-state index contributed by atoms with van der Waals surface area (Å²) in [5.74, 6) is 1.46. The van der Waals surface area contributed by atoms with Gasteiger partial charge in [-0.3, -0.25) is 9.59 Å². The molecule has 7 nitrogen and oxygen atoms in total. The topological polar surface area (TPSA) is 85.9 Å². The lowest BCUT2D eigenvalue weighted by molar-refractivity contribution is -0.118. The van der Waals surface area contributed by atoms with Crippen LogP contribution in [0.1, 0.15) is 26.3 Å². The summed E-state index contributed by atoms with van der Waals surface area (Å²) < 4.78 is 16.9. The van der Waals surface area contributed by atoms with Gasteiger partial charge in [0, 0.05) is 30.7 Å². The number of carbonyl (C=O) groups excluding carboxylic acids is 2. The standard InChI is InChI=1S/C21H24N2O5/c1-4-26-20-10-15-9-13(2)28-19(15)11-18(20)23-21(25)12-27-17-7-5-16(6-8-17)22-14(3)24/h5-8,10-11,13H,4,9,12H2,1-3H3,(H,22,24)(H,23,25)/t13-/m0/s1. The van der Waals surface area contributed by atoms with Crippen LogP contribution in [-0.4, -0.2) is 31.1 Å². The fourth-order valence-electron chi connectivity index (χ4n) is 2.98. The smallest absolute Gasteiger partial charge is 0.262 e. The van der Waals surface area contributed by atoms with Gasteiger partial charge >= 0.3 is 0 Å². The molecule has 0 saturated heterocycles. The Balaban J connectivity index is 1.61. The summed E-state index contributed by atoms with van der Waals surface area (Å²) in [6.07, 6.45) is 0.931. The molecule has 0 aromatic heterocycles. The fourth-order valence-corrected chi connectivity index (χ4v) is 2.98. The third-order valence-electron chi connectivity index (χ3n) is 4.12. The third kappa shape index (κ3) is 4.94. The molecule has 0 aliphatic carbocycles. The van der Waals surface area contributed by atoms with Crippen molar-refractivity contribution in [3.63, 3.8) is 0 Å². The first-order valence-corrected chi connectivity index (χ1v) is 9.21.